The highest BCUT2D eigenvalue weighted by atomic mass is 33.5. The van der Waals surface area contributed by atoms with Crippen LogP contribution in [0.1, 0.15) is 26.7 Å². The second-order valence-corrected chi connectivity index (χ2v) is 10.1. The van der Waals surface area contributed by atoms with E-state index in [4.69, 9.17) is 4.74 Å². The molecule has 2 aliphatic rings. The molecule has 1 amide bonds. The fourth-order valence-corrected chi connectivity index (χ4v) is 4.74. The molecule has 0 aromatic heterocycles. The van der Waals surface area contributed by atoms with E-state index < -0.39 is 0 Å². The lowest BCUT2D eigenvalue weighted by Crippen LogP contribution is -2.50. The average Bonchev–Trinajstić information content (AvgIpc) is 2.50. The maximum Gasteiger partial charge on any atom is 0.293 e. The summed E-state index contributed by atoms with van der Waals surface area (Å²) < 4.78 is 5.97. The van der Waals surface area contributed by atoms with Crippen LogP contribution in [0, 0.1) is 5.92 Å². The van der Waals surface area contributed by atoms with Gasteiger partial charge in [-0.3, -0.25) is 9.69 Å². The number of hydrogen-bond acceptors (Lipinski definition) is 7. The third-order valence-corrected chi connectivity index (χ3v) is 6.69. The molecule has 24 heavy (non-hydrogen) atoms. The van der Waals surface area contributed by atoms with Gasteiger partial charge in [0.05, 0.1) is 12.7 Å². The highest BCUT2D eigenvalue weighted by Crippen LogP contribution is 2.33. The van der Waals surface area contributed by atoms with Gasteiger partial charge >= 0.3 is 0 Å². The van der Waals surface area contributed by atoms with Gasteiger partial charge in [-0.1, -0.05) is 25.5 Å². The zero-order valence-corrected chi connectivity index (χ0v) is 17.5. The van der Waals surface area contributed by atoms with Crippen molar-refractivity contribution >= 4 is 37.5 Å². The van der Waals surface area contributed by atoms with Crippen molar-refractivity contribution < 1.29 is 9.53 Å². The molecule has 0 atom stereocenters. The van der Waals surface area contributed by atoms with Crippen molar-refractivity contribution in [1.29, 1.82) is 0 Å². The molecule has 2 rings (SSSR count). The highest BCUT2D eigenvalue weighted by Gasteiger charge is 2.35. The van der Waals surface area contributed by atoms with Crippen LogP contribution in [0.3, 0.4) is 0 Å². The van der Waals surface area contributed by atoms with Crippen molar-refractivity contribution in [2.45, 2.75) is 38.8 Å². The standard InChI is InChI=1S/C16H31N3O2S3/c1-13(2)12-19-6-4-18(5-7-19)8-9-21-15-10-14(11-15)17(3)16(20)23-24-22/h13-15,22H,4-12H2,1-3H3. The summed E-state index contributed by atoms with van der Waals surface area (Å²) >= 11 is 4.01. The lowest BCUT2D eigenvalue weighted by Gasteiger charge is -2.41. The molecule has 8 heteroatoms. The van der Waals surface area contributed by atoms with Crippen LogP contribution in [0.25, 0.3) is 0 Å². The van der Waals surface area contributed by atoms with Gasteiger partial charge in [-0.15, -0.1) is 0 Å². The van der Waals surface area contributed by atoms with Gasteiger partial charge in [0.1, 0.15) is 0 Å². The second-order valence-electron chi connectivity index (χ2n) is 7.19. The van der Waals surface area contributed by atoms with E-state index in [1.165, 1.54) is 40.3 Å². The number of thiol groups is 1. The lowest BCUT2D eigenvalue weighted by atomic mass is 9.88. The van der Waals surface area contributed by atoms with Crippen molar-refractivity contribution in [3.8, 4) is 0 Å². The molecule has 0 radical (unpaired) electrons. The summed E-state index contributed by atoms with van der Waals surface area (Å²) in [4.78, 5) is 18.7. The number of nitrogens with zero attached hydrogens (tertiary/aromatic N) is 3. The molecular formula is C16H31N3O2S3. The van der Waals surface area contributed by atoms with E-state index >= 15 is 0 Å². The van der Waals surface area contributed by atoms with Gasteiger partial charge in [-0.05, 0) is 28.6 Å². The molecule has 1 heterocycles. The number of carbonyl (C=O) groups is 1. The Labute approximate surface area is 159 Å². The van der Waals surface area contributed by atoms with E-state index in [0.29, 0.717) is 12.1 Å². The summed E-state index contributed by atoms with van der Waals surface area (Å²) in [5.41, 5.74) is 0. The van der Waals surface area contributed by atoms with E-state index in [-0.39, 0.29) is 5.24 Å². The highest BCUT2D eigenvalue weighted by molar-refractivity contribution is 9.08. The van der Waals surface area contributed by atoms with Gasteiger partial charge in [-0.2, -0.15) is 0 Å². The lowest BCUT2D eigenvalue weighted by molar-refractivity contribution is -0.0432. The first-order chi connectivity index (χ1) is 11.5. The van der Waals surface area contributed by atoms with Crippen LogP contribution in [0.2, 0.25) is 0 Å². The molecule has 0 spiro atoms. The van der Waals surface area contributed by atoms with Crippen LogP contribution < -0.4 is 0 Å². The van der Waals surface area contributed by atoms with Gasteiger partial charge in [0.15, 0.2) is 0 Å². The summed E-state index contributed by atoms with van der Waals surface area (Å²) in [5, 5.41) is 0.0812. The van der Waals surface area contributed by atoms with E-state index in [2.05, 4.69) is 35.3 Å². The molecule has 1 saturated heterocycles. The first kappa shape index (κ1) is 20.7. The largest absolute Gasteiger partial charge is 0.377 e. The number of ether oxygens (including phenoxy) is 1. The Balaban J connectivity index is 1.52. The van der Waals surface area contributed by atoms with E-state index in [9.17, 15) is 4.79 Å². The normalized spacial score (nSPS) is 25.7. The Morgan fingerprint density at radius 3 is 2.46 bits per heavy atom. The van der Waals surface area contributed by atoms with E-state index in [0.717, 1.165) is 45.0 Å². The first-order valence-electron chi connectivity index (χ1n) is 8.80. The zero-order chi connectivity index (χ0) is 17.5. The van der Waals surface area contributed by atoms with Crippen molar-refractivity contribution in [2.75, 3.05) is 52.9 Å². The molecule has 1 aliphatic carbocycles. The summed E-state index contributed by atoms with van der Waals surface area (Å²) in [5.74, 6) is 0.751. The minimum absolute atomic E-state index is 0.0812. The summed E-state index contributed by atoms with van der Waals surface area (Å²) in [7, 11) is 4.25. The molecule has 0 unspecified atom stereocenters. The number of carbonyl (C=O) groups excluding carboxylic acids is 1. The topological polar surface area (TPSA) is 36.0 Å². The Morgan fingerprint density at radius 2 is 1.88 bits per heavy atom. The Kier molecular flexibility index (Phi) is 9.08. The summed E-state index contributed by atoms with van der Waals surface area (Å²) in [6.07, 6.45) is 2.24. The molecule has 140 valence electrons. The first-order valence-corrected chi connectivity index (χ1v) is 12.0. The van der Waals surface area contributed by atoms with Crippen LogP contribution in [-0.2, 0) is 4.74 Å². The van der Waals surface area contributed by atoms with E-state index in [1.54, 1.807) is 0 Å². The van der Waals surface area contributed by atoms with Crippen molar-refractivity contribution in [1.82, 2.24) is 14.7 Å². The smallest absolute Gasteiger partial charge is 0.293 e. The summed E-state index contributed by atoms with van der Waals surface area (Å²) in [6, 6.07) is 0.329. The quantitative estimate of drug-likeness (QED) is 0.504. The van der Waals surface area contributed by atoms with Crippen molar-refractivity contribution in [3.63, 3.8) is 0 Å². The number of amides is 1. The molecule has 1 aliphatic heterocycles. The maximum atomic E-state index is 11.8. The summed E-state index contributed by atoms with van der Waals surface area (Å²) in [6.45, 7) is 12.3. The number of rotatable bonds is 8. The minimum Gasteiger partial charge on any atom is -0.377 e. The third kappa shape index (κ3) is 6.61. The molecule has 0 aromatic rings. The number of hydrogen-bond donors (Lipinski definition) is 1. The van der Waals surface area contributed by atoms with Crippen LogP contribution in [0.15, 0.2) is 0 Å². The van der Waals surface area contributed by atoms with E-state index in [1.807, 2.05) is 11.9 Å². The van der Waals surface area contributed by atoms with Crippen molar-refractivity contribution in [2.24, 2.45) is 5.92 Å². The van der Waals surface area contributed by atoms with Gasteiger partial charge in [0, 0.05) is 63.2 Å². The van der Waals surface area contributed by atoms with Crippen molar-refractivity contribution in [3.05, 3.63) is 0 Å². The average molecular weight is 394 g/mol. The molecule has 1 saturated carbocycles. The van der Waals surface area contributed by atoms with Gasteiger partial charge < -0.3 is 14.5 Å². The van der Waals surface area contributed by atoms with Gasteiger partial charge in [-0.25, -0.2) is 0 Å². The van der Waals surface area contributed by atoms with Crippen LogP contribution in [0.4, 0.5) is 4.79 Å². The SMILES string of the molecule is CC(C)CN1CCN(CCOC2CC(N(C)C(=O)SSS)C2)CC1. The maximum absolute atomic E-state index is 11.8. The molecular weight excluding hydrogens is 362 g/mol. The zero-order valence-electron chi connectivity index (χ0n) is 15.0. The van der Waals surface area contributed by atoms with Gasteiger partial charge in [0.2, 0.25) is 0 Å². The predicted octanol–water partition coefficient (Wildman–Crippen LogP) is 3.09. The fourth-order valence-electron chi connectivity index (χ4n) is 3.29. The van der Waals surface area contributed by atoms with Gasteiger partial charge in [0.25, 0.3) is 5.24 Å². The predicted molar refractivity (Wildman–Crippen MR) is 108 cm³/mol. The Hall–Kier alpha value is 0.400. The molecule has 5 nitrogen and oxygen atoms in total. The van der Waals surface area contributed by atoms with Crippen LogP contribution in [0.5, 0.6) is 0 Å². The molecule has 2 fully saturated rings. The third-order valence-electron chi connectivity index (χ3n) is 4.86. The van der Waals surface area contributed by atoms with Crippen LogP contribution in [-0.4, -0.2) is 85.0 Å². The van der Waals surface area contributed by atoms with Crippen LogP contribution >= 0.6 is 32.3 Å². The minimum atomic E-state index is 0.0812. The Morgan fingerprint density at radius 1 is 1.25 bits per heavy atom. The monoisotopic (exact) mass is 393 g/mol. The molecule has 0 aromatic carbocycles. The fraction of sp³-hybridized carbons (Fsp3) is 0.938. The molecule has 0 bridgehead atoms. The number of piperazine rings is 1. The second kappa shape index (κ2) is 10.5. The molecule has 0 N–H and O–H groups in total. The Bertz CT molecular complexity index is 387.